The van der Waals surface area contributed by atoms with Crippen LogP contribution >= 0.6 is 0 Å². The van der Waals surface area contributed by atoms with E-state index in [1.165, 1.54) is 17.2 Å². The van der Waals surface area contributed by atoms with E-state index in [0.717, 1.165) is 25.1 Å². The van der Waals surface area contributed by atoms with Crippen molar-refractivity contribution in [2.45, 2.75) is 32.7 Å². The third kappa shape index (κ3) is 4.46. The highest BCUT2D eigenvalue weighted by Crippen LogP contribution is 2.14. The summed E-state index contributed by atoms with van der Waals surface area (Å²) in [6, 6.07) is 15.5. The molecule has 0 saturated carbocycles. The van der Waals surface area contributed by atoms with Gasteiger partial charge in [0.15, 0.2) is 0 Å². The van der Waals surface area contributed by atoms with E-state index >= 15 is 0 Å². The molecule has 0 bridgehead atoms. The van der Waals surface area contributed by atoms with Crippen LogP contribution in [0.25, 0.3) is 0 Å². The third-order valence-corrected chi connectivity index (χ3v) is 3.45. The fraction of sp³-hybridized carbons (Fsp3) is 0.333. The lowest BCUT2D eigenvalue weighted by Crippen LogP contribution is -2.16. The van der Waals surface area contributed by atoms with Crippen molar-refractivity contribution in [3.63, 3.8) is 0 Å². The van der Waals surface area contributed by atoms with E-state index in [0.29, 0.717) is 5.92 Å². The Kier molecular flexibility index (Phi) is 5.31. The minimum atomic E-state index is -0.160. The van der Waals surface area contributed by atoms with Crippen molar-refractivity contribution in [1.29, 1.82) is 0 Å². The number of hydrogen-bond donors (Lipinski definition) is 1. The molecule has 106 valence electrons. The topological polar surface area (TPSA) is 12.0 Å². The fourth-order valence-corrected chi connectivity index (χ4v) is 2.18. The molecule has 2 heteroatoms. The van der Waals surface area contributed by atoms with E-state index < -0.39 is 0 Å². The first-order valence-electron chi connectivity index (χ1n) is 7.19. The molecule has 0 aromatic heterocycles. The van der Waals surface area contributed by atoms with Crippen LogP contribution in [0.1, 0.15) is 36.5 Å². The molecule has 0 radical (unpaired) electrons. The molecule has 0 saturated heterocycles. The van der Waals surface area contributed by atoms with E-state index in [-0.39, 0.29) is 5.82 Å². The lowest BCUT2D eigenvalue weighted by atomic mass is 10.0. The van der Waals surface area contributed by atoms with Crippen molar-refractivity contribution < 1.29 is 4.39 Å². The van der Waals surface area contributed by atoms with Crippen molar-refractivity contribution >= 4 is 0 Å². The predicted molar refractivity (Wildman–Crippen MR) is 82.3 cm³/mol. The Balaban J connectivity index is 1.75. The number of nitrogens with one attached hydrogen (secondary N) is 1. The average Bonchev–Trinajstić information content (AvgIpc) is 2.44. The van der Waals surface area contributed by atoms with Gasteiger partial charge >= 0.3 is 0 Å². The molecule has 0 fully saturated rings. The van der Waals surface area contributed by atoms with Crippen molar-refractivity contribution in [2.75, 3.05) is 6.54 Å². The van der Waals surface area contributed by atoms with Gasteiger partial charge in [0.25, 0.3) is 0 Å². The molecule has 1 nitrogen and oxygen atoms in total. The molecule has 0 aliphatic rings. The highest BCUT2D eigenvalue weighted by molar-refractivity contribution is 5.24. The van der Waals surface area contributed by atoms with Crippen LogP contribution in [0.5, 0.6) is 0 Å². The van der Waals surface area contributed by atoms with Crippen LogP contribution in [0.15, 0.2) is 48.5 Å². The summed E-state index contributed by atoms with van der Waals surface area (Å²) >= 11 is 0. The van der Waals surface area contributed by atoms with Gasteiger partial charge in [0.1, 0.15) is 5.82 Å². The summed E-state index contributed by atoms with van der Waals surface area (Å²) in [5, 5.41) is 3.40. The molecule has 1 N–H and O–H groups in total. The summed E-state index contributed by atoms with van der Waals surface area (Å²) < 4.78 is 13.0. The second-order valence-corrected chi connectivity index (χ2v) is 5.45. The van der Waals surface area contributed by atoms with Gasteiger partial charge in [0.05, 0.1) is 0 Å². The first kappa shape index (κ1) is 14.7. The summed E-state index contributed by atoms with van der Waals surface area (Å²) in [5.41, 5.74) is 3.69. The second-order valence-electron chi connectivity index (χ2n) is 5.45. The van der Waals surface area contributed by atoms with Crippen LogP contribution in [0.2, 0.25) is 0 Å². The number of halogens is 1. The van der Waals surface area contributed by atoms with Crippen LogP contribution in [0.3, 0.4) is 0 Å². The Morgan fingerprint density at radius 1 is 1.00 bits per heavy atom. The summed E-state index contributed by atoms with van der Waals surface area (Å²) in [5.74, 6) is 0.414. The lowest BCUT2D eigenvalue weighted by molar-refractivity contribution is 0.622. The van der Waals surface area contributed by atoms with E-state index in [1.54, 1.807) is 12.1 Å². The zero-order valence-corrected chi connectivity index (χ0v) is 12.2. The SMILES string of the molecule is CC(C)c1ccc(CNCCc2cccc(F)c2)cc1. The molecular formula is C18H22FN. The maximum Gasteiger partial charge on any atom is 0.123 e. The molecule has 20 heavy (non-hydrogen) atoms. The first-order valence-corrected chi connectivity index (χ1v) is 7.19. The molecule has 0 amide bonds. The van der Waals surface area contributed by atoms with Gasteiger partial charge in [-0.15, -0.1) is 0 Å². The molecular weight excluding hydrogens is 249 g/mol. The van der Waals surface area contributed by atoms with Gasteiger partial charge in [-0.1, -0.05) is 50.2 Å². The Morgan fingerprint density at radius 2 is 1.75 bits per heavy atom. The quantitative estimate of drug-likeness (QED) is 0.773. The van der Waals surface area contributed by atoms with Crippen LogP contribution in [-0.2, 0) is 13.0 Å². The van der Waals surface area contributed by atoms with E-state index in [1.807, 2.05) is 6.07 Å². The van der Waals surface area contributed by atoms with Crippen molar-refractivity contribution in [3.05, 3.63) is 71.0 Å². The minimum Gasteiger partial charge on any atom is -0.312 e. The van der Waals surface area contributed by atoms with Gasteiger partial charge in [-0.05, 0) is 47.7 Å². The molecule has 0 heterocycles. The standard InChI is InChI=1S/C18H22FN/c1-14(2)17-8-6-16(7-9-17)13-20-11-10-15-4-3-5-18(19)12-15/h3-9,12,14,20H,10-11,13H2,1-2H3. The maximum absolute atomic E-state index is 13.0. The first-order chi connectivity index (χ1) is 9.65. The Labute approximate surface area is 120 Å². The van der Waals surface area contributed by atoms with Gasteiger partial charge in [-0.25, -0.2) is 4.39 Å². The Morgan fingerprint density at radius 3 is 2.40 bits per heavy atom. The van der Waals surface area contributed by atoms with Gasteiger partial charge in [-0.2, -0.15) is 0 Å². The van der Waals surface area contributed by atoms with Crippen molar-refractivity contribution in [2.24, 2.45) is 0 Å². The average molecular weight is 271 g/mol. The zero-order valence-electron chi connectivity index (χ0n) is 12.2. The van der Waals surface area contributed by atoms with Crippen molar-refractivity contribution in [1.82, 2.24) is 5.32 Å². The van der Waals surface area contributed by atoms with Gasteiger partial charge in [0, 0.05) is 6.54 Å². The minimum absolute atomic E-state index is 0.160. The summed E-state index contributed by atoms with van der Waals surface area (Å²) in [7, 11) is 0. The molecule has 2 aromatic carbocycles. The molecule has 0 spiro atoms. The Bertz CT molecular complexity index is 531. The molecule has 0 aliphatic heterocycles. The highest BCUT2D eigenvalue weighted by Gasteiger charge is 1.99. The van der Waals surface area contributed by atoms with E-state index in [4.69, 9.17) is 0 Å². The summed E-state index contributed by atoms with van der Waals surface area (Å²) in [6.07, 6.45) is 0.849. The molecule has 0 aliphatic carbocycles. The fourth-order valence-electron chi connectivity index (χ4n) is 2.18. The van der Waals surface area contributed by atoms with Crippen LogP contribution in [0.4, 0.5) is 4.39 Å². The molecule has 0 atom stereocenters. The monoisotopic (exact) mass is 271 g/mol. The van der Waals surface area contributed by atoms with Gasteiger partial charge < -0.3 is 5.32 Å². The highest BCUT2D eigenvalue weighted by atomic mass is 19.1. The number of benzene rings is 2. The van der Waals surface area contributed by atoms with Gasteiger partial charge in [0.2, 0.25) is 0 Å². The Hall–Kier alpha value is -1.67. The van der Waals surface area contributed by atoms with Crippen LogP contribution < -0.4 is 5.32 Å². The van der Waals surface area contributed by atoms with E-state index in [2.05, 4.69) is 43.4 Å². The number of hydrogen-bond acceptors (Lipinski definition) is 1. The third-order valence-electron chi connectivity index (χ3n) is 3.45. The molecule has 2 rings (SSSR count). The lowest BCUT2D eigenvalue weighted by Gasteiger charge is -2.08. The smallest absolute Gasteiger partial charge is 0.123 e. The van der Waals surface area contributed by atoms with Crippen LogP contribution in [0, 0.1) is 5.82 Å². The van der Waals surface area contributed by atoms with Crippen molar-refractivity contribution in [3.8, 4) is 0 Å². The van der Waals surface area contributed by atoms with E-state index in [9.17, 15) is 4.39 Å². The number of rotatable bonds is 6. The molecule has 0 unspecified atom stereocenters. The summed E-state index contributed by atoms with van der Waals surface area (Å²) in [6.45, 7) is 6.11. The predicted octanol–water partition coefficient (Wildman–Crippen LogP) is 4.28. The van der Waals surface area contributed by atoms with Gasteiger partial charge in [-0.3, -0.25) is 0 Å². The second kappa shape index (κ2) is 7.20. The normalized spacial score (nSPS) is 11.0. The summed E-state index contributed by atoms with van der Waals surface area (Å²) in [4.78, 5) is 0. The largest absolute Gasteiger partial charge is 0.312 e. The maximum atomic E-state index is 13.0. The van der Waals surface area contributed by atoms with Crippen LogP contribution in [-0.4, -0.2) is 6.54 Å². The molecule has 2 aromatic rings. The zero-order chi connectivity index (χ0) is 14.4.